The monoisotopic (exact) mass is 304 g/mol. The summed E-state index contributed by atoms with van der Waals surface area (Å²) in [7, 11) is 0. The van der Waals surface area contributed by atoms with E-state index in [-0.39, 0.29) is 11.7 Å². The molecule has 1 saturated heterocycles. The number of amides is 1. The molecule has 1 aromatic carbocycles. The first-order valence-electron chi connectivity index (χ1n) is 8.02. The Hall–Kier alpha value is -1.06. The SMILES string of the molecule is O=C1N(CC2CC2)C(c2cccc(Cl)c2)NC12CCCC2. The first kappa shape index (κ1) is 13.6. The lowest BCUT2D eigenvalue weighted by atomic mass is 9.98. The van der Waals surface area contributed by atoms with Crippen LogP contribution in [0.5, 0.6) is 0 Å². The van der Waals surface area contributed by atoms with Gasteiger partial charge in [-0.2, -0.15) is 0 Å². The molecule has 2 aliphatic carbocycles. The van der Waals surface area contributed by atoms with Crippen LogP contribution in [-0.4, -0.2) is 22.9 Å². The molecule has 1 spiro atoms. The van der Waals surface area contributed by atoms with Crippen LogP contribution in [-0.2, 0) is 4.79 Å². The van der Waals surface area contributed by atoms with Crippen LogP contribution in [0.2, 0.25) is 5.02 Å². The second-order valence-electron chi connectivity index (χ2n) is 6.79. The van der Waals surface area contributed by atoms with Crippen LogP contribution in [0.15, 0.2) is 24.3 Å². The summed E-state index contributed by atoms with van der Waals surface area (Å²) >= 11 is 6.15. The van der Waals surface area contributed by atoms with Crippen LogP contribution in [0.3, 0.4) is 0 Å². The first-order valence-corrected chi connectivity index (χ1v) is 8.40. The molecule has 0 aromatic heterocycles. The van der Waals surface area contributed by atoms with Gasteiger partial charge >= 0.3 is 0 Å². The lowest BCUT2D eigenvalue weighted by Gasteiger charge is -2.24. The van der Waals surface area contributed by atoms with Gasteiger partial charge in [-0.25, -0.2) is 0 Å². The molecule has 1 N–H and O–H groups in total. The van der Waals surface area contributed by atoms with Gasteiger partial charge in [-0.05, 0) is 49.3 Å². The molecule has 1 aliphatic heterocycles. The molecule has 4 heteroatoms. The predicted molar refractivity (Wildman–Crippen MR) is 83.0 cm³/mol. The maximum Gasteiger partial charge on any atom is 0.244 e. The van der Waals surface area contributed by atoms with E-state index in [1.807, 2.05) is 18.2 Å². The summed E-state index contributed by atoms with van der Waals surface area (Å²) in [6, 6.07) is 7.92. The summed E-state index contributed by atoms with van der Waals surface area (Å²) in [6.45, 7) is 0.894. The Kier molecular flexibility index (Phi) is 3.23. The molecule has 3 nitrogen and oxygen atoms in total. The van der Waals surface area contributed by atoms with Crippen molar-refractivity contribution in [3.8, 4) is 0 Å². The minimum absolute atomic E-state index is 0.00472. The van der Waals surface area contributed by atoms with Crippen molar-refractivity contribution in [1.82, 2.24) is 10.2 Å². The average molecular weight is 305 g/mol. The molecule has 1 atom stereocenters. The van der Waals surface area contributed by atoms with E-state index in [0.717, 1.165) is 42.8 Å². The van der Waals surface area contributed by atoms with Gasteiger partial charge in [-0.3, -0.25) is 10.1 Å². The molecule has 1 heterocycles. The smallest absolute Gasteiger partial charge is 0.244 e. The van der Waals surface area contributed by atoms with Crippen molar-refractivity contribution in [2.45, 2.75) is 50.2 Å². The number of halogens is 1. The second-order valence-corrected chi connectivity index (χ2v) is 7.23. The van der Waals surface area contributed by atoms with Crippen molar-refractivity contribution >= 4 is 17.5 Å². The first-order chi connectivity index (χ1) is 10.2. The Morgan fingerprint density at radius 2 is 2.05 bits per heavy atom. The van der Waals surface area contributed by atoms with Gasteiger partial charge < -0.3 is 4.90 Å². The van der Waals surface area contributed by atoms with E-state index in [9.17, 15) is 4.79 Å². The molecule has 1 aromatic rings. The van der Waals surface area contributed by atoms with Crippen LogP contribution in [0.25, 0.3) is 0 Å². The highest BCUT2D eigenvalue weighted by Crippen LogP contribution is 2.43. The number of hydrogen-bond donors (Lipinski definition) is 1. The van der Waals surface area contributed by atoms with Gasteiger partial charge in [0.05, 0.1) is 5.54 Å². The van der Waals surface area contributed by atoms with Gasteiger partial charge in [0.1, 0.15) is 6.17 Å². The lowest BCUT2D eigenvalue weighted by molar-refractivity contribution is -0.133. The highest BCUT2D eigenvalue weighted by molar-refractivity contribution is 6.30. The van der Waals surface area contributed by atoms with Crippen LogP contribution >= 0.6 is 11.6 Å². The highest BCUT2D eigenvalue weighted by Gasteiger charge is 2.53. The van der Waals surface area contributed by atoms with Crippen molar-refractivity contribution in [3.63, 3.8) is 0 Å². The number of carbonyl (C=O) groups excluding carboxylic acids is 1. The molecule has 1 amide bonds. The van der Waals surface area contributed by atoms with Crippen LogP contribution < -0.4 is 5.32 Å². The van der Waals surface area contributed by atoms with Gasteiger partial charge in [0, 0.05) is 11.6 Å². The molecule has 4 rings (SSSR count). The highest BCUT2D eigenvalue weighted by atomic mass is 35.5. The largest absolute Gasteiger partial charge is 0.321 e. The summed E-state index contributed by atoms with van der Waals surface area (Å²) in [5, 5.41) is 4.40. The summed E-state index contributed by atoms with van der Waals surface area (Å²) in [6.07, 6.45) is 6.78. The van der Waals surface area contributed by atoms with Gasteiger partial charge in [0.25, 0.3) is 0 Å². The van der Waals surface area contributed by atoms with E-state index in [2.05, 4.69) is 16.3 Å². The van der Waals surface area contributed by atoms with Crippen molar-refractivity contribution in [2.24, 2.45) is 5.92 Å². The maximum atomic E-state index is 13.0. The zero-order valence-electron chi connectivity index (χ0n) is 12.1. The van der Waals surface area contributed by atoms with Crippen LogP contribution in [0, 0.1) is 5.92 Å². The van der Waals surface area contributed by atoms with Gasteiger partial charge in [-0.1, -0.05) is 36.6 Å². The van der Waals surface area contributed by atoms with Crippen molar-refractivity contribution in [3.05, 3.63) is 34.9 Å². The van der Waals surface area contributed by atoms with Gasteiger partial charge in [0.2, 0.25) is 5.91 Å². The zero-order valence-corrected chi connectivity index (χ0v) is 12.9. The fraction of sp³-hybridized carbons (Fsp3) is 0.588. The van der Waals surface area contributed by atoms with Gasteiger partial charge in [-0.15, -0.1) is 0 Å². The third-order valence-corrected chi connectivity index (χ3v) is 5.40. The summed E-state index contributed by atoms with van der Waals surface area (Å²) in [4.78, 5) is 15.1. The molecular weight excluding hydrogens is 284 g/mol. The van der Waals surface area contributed by atoms with E-state index in [1.54, 1.807) is 0 Å². The molecule has 1 unspecified atom stereocenters. The third kappa shape index (κ3) is 2.36. The molecule has 21 heavy (non-hydrogen) atoms. The quantitative estimate of drug-likeness (QED) is 0.927. The summed E-state index contributed by atoms with van der Waals surface area (Å²) in [5.41, 5.74) is 0.808. The average Bonchev–Trinajstić information content (AvgIpc) is 3.10. The molecule has 2 saturated carbocycles. The van der Waals surface area contributed by atoms with Crippen LogP contribution in [0.1, 0.15) is 50.3 Å². The maximum absolute atomic E-state index is 13.0. The topological polar surface area (TPSA) is 32.3 Å². The molecule has 3 aliphatic rings. The van der Waals surface area contributed by atoms with Gasteiger partial charge in [0.15, 0.2) is 0 Å². The summed E-state index contributed by atoms with van der Waals surface area (Å²) in [5.74, 6) is 1.02. The predicted octanol–water partition coefficient (Wildman–Crippen LogP) is 3.49. The standard InChI is InChI=1S/C17H21ClN2O/c18-14-5-3-4-13(10-14)15-19-17(8-1-2-9-17)16(21)20(15)11-12-6-7-12/h3-5,10,12,15,19H,1-2,6-9,11H2. The van der Waals surface area contributed by atoms with Crippen molar-refractivity contribution in [1.29, 1.82) is 0 Å². The van der Waals surface area contributed by atoms with Crippen molar-refractivity contribution in [2.75, 3.05) is 6.54 Å². The fourth-order valence-corrected chi connectivity index (χ4v) is 4.04. The third-order valence-electron chi connectivity index (χ3n) is 5.17. The van der Waals surface area contributed by atoms with E-state index in [4.69, 9.17) is 11.6 Å². The van der Waals surface area contributed by atoms with E-state index in [0.29, 0.717) is 11.8 Å². The minimum Gasteiger partial charge on any atom is -0.321 e. The Morgan fingerprint density at radius 3 is 2.71 bits per heavy atom. The van der Waals surface area contributed by atoms with E-state index >= 15 is 0 Å². The van der Waals surface area contributed by atoms with E-state index < -0.39 is 0 Å². The summed E-state index contributed by atoms with van der Waals surface area (Å²) < 4.78 is 0. The Balaban J connectivity index is 1.67. The number of hydrogen-bond acceptors (Lipinski definition) is 2. The number of nitrogens with one attached hydrogen (secondary N) is 1. The minimum atomic E-state index is -0.304. The second kappa shape index (κ2) is 4.99. The van der Waals surface area contributed by atoms with Crippen molar-refractivity contribution < 1.29 is 4.79 Å². The normalized spacial score (nSPS) is 27.8. The molecule has 0 radical (unpaired) electrons. The Bertz CT molecular complexity index is 564. The number of carbonyl (C=O) groups is 1. The number of nitrogens with zero attached hydrogens (tertiary/aromatic N) is 1. The number of rotatable bonds is 3. The zero-order chi connectivity index (χ0) is 14.4. The van der Waals surface area contributed by atoms with Crippen LogP contribution in [0.4, 0.5) is 0 Å². The fourth-order valence-electron chi connectivity index (χ4n) is 3.84. The Labute approximate surface area is 130 Å². The molecule has 0 bridgehead atoms. The molecule has 112 valence electrons. The lowest BCUT2D eigenvalue weighted by Crippen LogP contribution is -2.44. The Morgan fingerprint density at radius 1 is 1.29 bits per heavy atom. The number of benzene rings is 1. The molecule has 3 fully saturated rings. The van der Waals surface area contributed by atoms with E-state index in [1.165, 1.54) is 12.8 Å². The molecular formula is C17H21ClN2O.